The molecule has 0 aromatic rings. The molecule has 794 valence electrons. The normalized spacial score (nSPS) is 32.9. The number of ether oxygens (including phenoxy) is 13. The van der Waals surface area contributed by atoms with E-state index in [9.17, 15) is 116 Å². The second-order valence-electron chi connectivity index (χ2n) is 38.2. The van der Waals surface area contributed by atoms with Gasteiger partial charge in [-0.3, -0.25) is 19.2 Å². The zero-order valence-electron chi connectivity index (χ0n) is 82.6. The van der Waals surface area contributed by atoms with E-state index >= 15 is 0 Å². The van der Waals surface area contributed by atoms with Crippen molar-refractivity contribution >= 4 is 29.7 Å². The average Bonchev–Trinajstić information content (AvgIpc) is 0.743. The predicted molar refractivity (Wildman–Crippen MR) is 490 cm³/mol. The van der Waals surface area contributed by atoms with E-state index in [1.165, 1.54) is 161 Å². The average molecular weight is 1980 g/mol. The van der Waals surface area contributed by atoms with Gasteiger partial charge in [0.05, 0.1) is 63.9 Å². The van der Waals surface area contributed by atoms with Crippen LogP contribution in [-0.2, 0) is 85.6 Å². The van der Waals surface area contributed by atoms with E-state index in [1.807, 2.05) is 6.08 Å². The SMILES string of the molecule is CCCCCCCCCCCCC/C=C/C(OC(=O)CCCCCCCCCCCCCCCCC)C(CO[C@@H]1O[C@H](CO)[C@@H](O[C@@H]2O[C@H](CO)[C@H](O[C@@H]3O[C@H](CO)[C@H](O[C@@H]4O[C@H](CO)[C@H](O[C@@H]5O[C@@H](C)[C@@H](O)[C@@H](O)[C@@H]5O)[C@H](O)[C@H]4O)[C@H](O)[C@H]3NC(C)=O)[C@H](O[C@@]3(C(=O)[O-])C[C@@H](O)[C@H](NC(C)=O)C([C@@H](O)[C@H](O)CO)O3)[C@H]2O)[C@H](O)[C@H]1O)NC(=O)CCCCCCCCCCCCCCCCC.[Na+]. The first-order valence-electron chi connectivity index (χ1n) is 51.4. The van der Waals surface area contributed by atoms with Gasteiger partial charge in [0, 0.05) is 33.1 Å². The smallest absolute Gasteiger partial charge is 0.544 e. The van der Waals surface area contributed by atoms with Gasteiger partial charge in [-0.2, -0.15) is 0 Å². The van der Waals surface area contributed by atoms with E-state index in [4.69, 9.17) is 61.6 Å². The van der Waals surface area contributed by atoms with Crippen LogP contribution in [0.25, 0.3) is 0 Å². The molecule has 40 heteroatoms. The first-order chi connectivity index (χ1) is 65.4. The molecule has 0 radical (unpaired) electrons. The van der Waals surface area contributed by atoms with Gasteiger partial charge in [-0.1, -0.05) is 271 Å². The van der Waals surface area contributed by atoms with Crippen molar-refractivity contribution in [1.29, 1.82) is 0 Å². The van der Waals surface area contributed by atoms with Crippen LogP contribution in [0.5, 0.6) is 0 Å². The number of carboxylic acid groups (broad SMARTS) is 1. The molecular formula is C97H174N3NaO36. The van der Waals surface area contributed by atoms with Crippen LogP contribution in [0.15, 0.2) is 12.2 Å². The third-order valence-corrected chi connectivity index (χ3v) is 26.9. The third-order valence-electron chi connectivity index (χ3n) is 26.9. The number of rotatable bonds is 71. The Hall–Kier alpha value is -3.07. The summed E-state index contributed by atoms with van der Waals surface area (Å²) in [4.78, 5) is 68.4. The van der Waals surface area contributed by atoms with Gasteiger partial charge in [0.15, 0.2) is 31.5 Å². The molecule has 6 fully saturated rings. The summed E-state index contributed by atoms with van der Waals surface area (Å²) in [5, 5.41) is 215. The molecule has 0 bridgehead atoms. The van der Waals surface area contributed by atoms with Crippen LogP contribution in [0.4, 0.5) is 0 Å². The number of aliphatic hydroxyl groups is 17. The molecule has 0 saturated carbocycles. The Kier molecular flexibility index (Phi) is 62.8. The topological polar surface area (TPSA) is 608 Å². The van der Waals surface area contributed by atoms with E-state index in [1.54, 1.807) is 6.08 Å². The van der Waals surface area contributed by atoms with Crippen molar-refractivity contribution in [2.24, 2.45) is 0 Å². The Bertz CT molecular complexity index is 3240. The van der Waals surface area contributed by atoms with Crippen molar-refractivity contribution in [3.63, 3.8) is 0 Å². The van der Waals surface area contributed by atoms with Gasteiger partial charge < -0.3 is 174 Å². The second kappa shape index (κ2) is 69.1. The number of aliphatic carboxylic acids is 1. The van der Waals surface area contributed by atoms with Gasteiger partial charge in [0.25, 0.3) is 0 Å². The first kappa shape index (κ1) is 124. The molecule has 6 aliphatic heterocycles. The summed E-state index contributed by atoms with van der Waals surface area (Å²) in [6.07, 6.45) is -9.95. The number of aliphatic hydroxyl groups excluding tert-OH is 17. The van der Waals surface area contributed by atoms with Crippen molar-refractivity contribution in [3.8, 4) is 0 Å². The number of carbonyl (C=O) groups is 5. The minimum Gasteiger partial charge on any atom is -0.544 e. The maximum absolute atomic E-state index is 14.3. The number of unbranched alkanes of at least 4 members (excludes halogenated alkanes) is 39. The monoisotopic (exact) mass is 1980 g/mol. The maximum Gasteiger partial charge on any atom is 1.00 e. The van der Waals surface area contributed by atoms with Crippen molar-refractivity contribution in [3.05, 3.63) is 12.2 Å². The van der Waals surface area contributed by atoms with Crippen LogP contribution in [0.1, 0.15) is 330 Å². The van der Waals surface area contributed by atoms with Crippen LogP contribution >= 0.6 is 0 Å². The molecule has 0 aromatic carbocycles. The second-order valence-corrected chi connectivity index (χ2v) is 38.2. The zero-order valence-corrected chi connectivity index (χ0v) is 84.6. The van der Waals surface area contributed by atoms with Gasteiger partial charge in [0.2, 0.25) is 23.5 Å². The number of hydrogen-bond acceptors (Lipinski definition) is 36. The Balaban J connectivity index is 0.0000331. The number of nitrogens with one attached hydrogen (secondary N) is 3. The van der Waals surface area contributed by atoms with Crippen LogP contribution in [0.3, 0.4) is 0 Å². The van der Waals surface area contributed by atoms with Gasteiger partial charge in [-0.05, 0) is 38.7 Å². The fraction of sp³-hybridized carbons (Fsp3) is 0.928. The Morgan fingerprint density at radius 1 is 0.423 bits per heavy atom. The minimum absolute atomic E-state index is 0. The molecular weight excluding hydrogens is 1810 g/mol. The van der Waals surface area contributed by atoms with E-state index in [0.29, 0.717) is 19.3 Å². The van der Waals surface area contributed by atoms with Crippen LogP contribution in [0.2, 0.25) is 0 Å². The predicted octanol–water partition coefficient (Wildman–Crippen LogP) is 0.291. The molecule has 0 spiro atoms. The molecule has 6 heterocycles. The van der Waals surface area contributed by atoms with Crippen molar-refractivity contribution < 1.29 is 207 Å². The maximum atomic E-state index is 14.3. The summed E-state index contributed by atoms with van der Waals surface area (Å²) in [7, 11) is 0. The summed E-state index contributed by atoms with van der Waals surface area (Å²) < 4.78 is 79.0. The molecule has 0 aliphatic carbocycles. The number of carbonyl (C=O) groups excluding carboxylic acids is 5. The first-order valence-corrected chi connectivity index (χ1v) is 51.4. The summed E-state index contributed by atoms with van der Waals surface area (Å²) in [6.45, 7) is 3.53. The van der Waals surface area contributed by atoms with Gasteiger partial charge >= 0.3 is 35.5 Å². The summed E-state index contributed by atoms with van der Waals surface area (Å²) >= 11 is 0. The molecule has 3 amide bonds. The number of allylic oxidation sites excluding steroid dienone is 1. The molecule has 33 atom stereocenters. The van der Waals surface area contributed by atoms with E-state index in [0.717, 1.165) is 110 Å². The minimum atomic E-state index is -3.54. The fourth-order valence-corrected chi connectivity index (χ4v) is 18.7. The van der Waals surface area contributed by atoms with Crippen LogP contribution < -0.4 is 50.6 Å². The molecule has 6 aliphatic rings. The standard InChI is InChI=1S/C97H175N3O36.Na/c1-7-10-13-16-19-22-25-28-30-33-36-39-42-45-48-51-71(110)100-63(66(50-47-44-41-38-35-32-27-24-21-18-15-12-9-3)126-72(111)52-49-46-43-40-37-34-31-29-26-23-20-17-14-11-8-2)59-124-92-82(119)79(116)86(68(56-103)128-92)133-95-84(121)90(136-97(96(122)123)53-64(108)73(98-61(5)106)89(135-97)76(113)65(109)54-101)88(70(58-105)130-95)134-91-74(99-62(6)107)77(114)85(67(55-102)127-91)131-94-83(120)80(117)87(69(57-104)129-94)132-93-81(118)78(115)75(112)60(4)125-93;/h47,50,60,63-70,73-95,101-105,108-109,112-121H,7-46,48-49,51-59H2,1-6H3,(H,98,106)(H,99,107)(H,100,110)(H,122,123);/q;+1/p-1/b50-47+;/t60-,63?,64+,65+,66?,67+,68+,69+,70+,73-,74+,75+,76-,77+,78+,79+,80+,81-,82+,83+,84+,85-,86+,87-,88-,89?,90+,91-,92+,93-,94-,95-,97+;/m0./s1. The van der Waals surface area contributed by atoms with Crippen LogP contribution in [-0.4, -0.2) is 358 Å². The summed E-state index contributed by atoms with van der Waals surface area (Å²) in [6, 6.07) is -4.99. The van der Waals surface area contributed by atoms with Crippen LogP contribution in [0, 0.1) is 0 Å². The molecule has 39 nitrogen and oxygen atoms in total. The number of hydrogen-bond donors (Lipinski definition) is 20. The largest absolute Gasteiger partial charge is 1.00 e. The van der Waals surface area contributed by atoms with E-state index in [-0.39, 0.29) is 48.3 Å². The molecule has 6 rings (SSSR count). The number of amides is 3. The van der Waals surface area contributed by atoms with Crippen molar-refractivity contribution in [2.75, 3.05) is 39.6 Å². The van der Waals surface area contributed by atoms with E-state index < -0.39 is 272 Å². The Labute approximate surface area is 832 Å². The van der Waals surface area contributed by atoms with Gasteiger partial charge in [0.1, 0.15) is 146 Å². The molecule has 137 heavy (non-hydrogen) atoms. The third kappa shape index (κ3) is 41.6. The van der Waals surface area contributed by atoms with Crippen molar-refractivity contribution in [1.82, 2.24) is 16.0 Å². The number of carboxylic acids is 1. The molecule has 6 saturated heterocycles. The quantitative estimate of drug-likeness (QED) is 0.0168. The Morgan fingerprint density at radius 2 is 0.788 bits per heavy atom. The fourth-order valence-electron chi connectivity index (χ4n) is 18.7. The van der Waals surface area contributed by atoms with Gasteiger partial charge in [-0.15, -0.1) is 0 Å². The van der Waals surface area contributed by atoms with E-state index in [2.05, 4.69) is 36.7 Å². The van der Waals surface area contributed by atoms with Gasteiger partial charge in [-0.25, -0.2) is 0 Å². The molecule has 20 N–H and O–H groups in total. The summed E-state index contributed by atoms with van der Waals surface area (Å²) in [5.41, 5.74) is 0. The number of esters is 1. The molecule has 0 aromatic heterocycles. The Morgan fingerprint density at radius 3 is 1.22 bits per heavy atom. The summed E-state index contributed by atoms with van der Waals surface area (Å²) in [5.74, 6) is -8.74. The molecule has 3 unspecified atom stereocenters. The van der Waals surface area contributed by atoms with Crippen molar-refractivity contribution in [2.45, 2.75) is 532 Å². The zero-order chi connectivity index (χ0) is 99.7.